The predicted octanol–water partition coefficient (Wildman–Crippen LogP) is 2.62. The smallest absolute Gasteiger partial charge is 0.345 e. The van der Waals surface area contributed by atoms with Crippen molar-refractivity contribution in [3.63, 3.8) is 0 Å². The molecule has 0 atom stereocenters. The van der Waals surface area contributed by atoms with E-state index in [1.807, 2.05) is 0 Å². The van der Waals surface area contributed by atoms with Crippen LogP contribution >= 0.6 is 0 Å². The lowest BCUT2D eigenvalue weighted by Crippen LogP contribution is -2.02. The number of rotatable bonds is 5. The molecule has 0 amide bonds. The van der Waals surface area contributed by atoms with Crippen molar-refractivity contribution in [1.82, 2.24) is 0 Å². The van der Waals surface area contributed by atoms with Crippen molar-refractivity contribution in [2.45, 2.75) is 32.6 Å². The summed E-state index contributed by atoms with van der Waals surface area (Å²) in [4.78, 5) is 11.3. The second kappa shape index (κ2) is 6.13. The molecule has 0 aliphatic carbocycles. The van der Waals surface area contributed by atoms with E-state index in [9.17, 15) is 15.0 Å². The zero-order chi connectivity index (χ0) is 12.8. The third kappa shape index (κ3) is 3.37. The number of hydrogen-bond acceptors (Lipinski definition) is 4. The van der Waals surface area contributed by atoms with E-state index in [1.165, 1.54) is 19.2 Å². The maximum atomic E-state index is 11.3. The van der Waals surface area contributed by atoms with Crippen LogP contribution in [0.3, 0.4) is 0 Å². The van der Waals surface area contributed by atoms with Gasteiger partial charge in [-0.1, -0.05) is 19.8 Å². The Morgan fingerprint density at radius 2 is 1.82 bits per heavy atom. The summed E-state index contributed by atoms with van der Waals surface area (Å²) in [6, 6.07) is 3.00. The molecule has 0 fully saturated rings. The Morgan fingerprint density at radius 1 is 1.24 bits per heavy atom. The summed E-state index contributed by atoms with van der Waals surface area (Å²) in [6.45, 7) is 2.11. The first-order valence-electron chi connectivity index (χ1n) is 5.73. The number of carbonyl (C=O) groups excluding carboxylic acids is 1. The lowest BCUT2D eigenvalue weighted by Gasteiger charge is -2.08. The Morgan fingerprint density at radius 3 is 2.29 bits per heavy atom. The standard InChI is InChI=1S/C13H18O4/c1-3-4-5-6-9-7-10(14)12(11(15)8-9)13(16)17-2/h7-8,14-15H,3-6H2,1-2H3. The first-order valence-corrected chi connectivity index (χ1v) is 5.73. The Labute approximate surface area is 101 Å². The number of unbranched alkanes of at least 4 members (excludes halogenated alkanes) is 2. The largest absolute Gasteiger partial charge is 0.507 e. The van der Waals surface area contributed by atoms with Crippen molar-refractivity contribution in [2.75, 3.05) is 7.11 Å². The summed E-state index contributed by atoms with van der Waals surface area (Å²) >= 11 is 0. The molecule has 4 nitrogen and oxygen atoms in total. The van der Waals surface area contributed by atoms with E-state index in [-0.39, 0.29) is 17.1 Å². The number of aryl methyl sites for hydroxylation is 1. The number of esters is 1. The second-order valence-corrected chi connectivity index (χ2v) is 3.96. The summed E-state index contributed by atoms with van der Waals surface area (Å²) in [5.41, 5.74) is 0.646. The van der Waals surface area contributed by atoms with E-state index >= 15 is 0 Å². The van der Waals surface area contributed by atoms with Gasteiger partial charge in [-0.2, -0.15) is 0 Å². The highest BCUT2D eigenvalue weighted by Gasteiger charge is 2.17. The molecular formula is C13H18O4. The molecule has 0 aliphatic rings. The van der Waals surface area contributed by atoms with E-state index in [2.05, 4.69) is 11.7 Å². The van der Waals surface area contributed by atoms with Crippen LogP contribution in [-0.4, -0.2) is 23.3 Å². The van der Waals surface area contributed by atoms with Crippen LogP contribution in [0.2, 0.25) is 0 Å². The minimum absolute atomic E-state index is 0.174. The maximum absolute atomic E-state index is 11.3. The second-order valence-electron chi connectivity index (χ2n) is 3.96. The van der Waals surface area contributed by atoms with Crippen LogP contribution in [-0.2, 0) is 11.2 Å². The third-order valence-electron chi connectivity index (χ3n) is 2.62. The van der Waals surface area contributed by atoms with E-state index in [4.69, 9.17) is 0 Å². The molecule has 0 saturated heterocycles. The summed E-state index contributed by atoms with van der Waals surface area (Å²) in [5, 5.41) is 19.3. The highest BCUT2D eigenvalue weighted by Crippen LogP contribution is 2.30. The average Bonchev–Trinajstić information content (AvgIpc) is 2.28. The molecule has 94 valence electrons. The SMILES string of the molecule is CCCCCc1cc(O)c(C(=O)OC)c(O)c1. The molecule has 1 rings (SSSR count). The van der Waals surface area contributed by atoms with Gasteiger partial charge in [-0.3, -0.25) is 0 Å². The van der Waals surface area contributed by atoms with Crippen molar-refractivity contribution in [1.29, 1.82) is 0 Å². The number of phenols is 2. The van der Waals surface area contributed by atoms with Crippen LogP contribution in [0, 0.1) is 0 Å². The van der Waals surface area contributed by atoms with Gasteiger partial charge in [-0.05, 0) is 30.5 Å². The first kappa shape index (κ1) is 13.4. The van der Waals surface area contributed by atoms with E-state index in [1.54, 1.807) is 0 Å². The lowest BCUT2D eigenvalue weighted by molar-refractivity contribution is 0.0594. The number of phenolic OH excluding ortho intramolecular Hbond substituents is 2. The zero-order valence-corrected chi connectivity index (χ0v) is 10.2. The summed E-state index contributed by atoms with van der Waals surface area (Å²) in [6.07, 6.45) is 3.97. The molecule has 17 heavy (non-hydrogen) atoms. The molecule has 4 heteroatoms. The Balaban J connectivity index is 2.89. The highest BCUT2D eigenvalue weighted by atomic mass is 16.5. The van der Waals surface area contributed by atoms with E-state index in [0.29, 0.717) is 0 Å². The zero-order valence-electron chi connectivity index (χ0n) is 10.2. The minimum atomic E-state index is -0.736. The van der Waals surface area contributed by atoms with Gasteiger partial charge in [0.05, 0.1) is 7.11 Å². The minimum Gasteiger partial charge on any atom is -0.507 e. The van der Waals surface area contributed by atoms with Crippen LogP contribution in [0.5, 0.6) is 11.5 Å². The molecule has 0 unspecified atom stereocenters. The fourth-order valence-corrected chi connectivity index (χ4v) is 1.70. The quantitative estimate of drug-likeness (QED) is 0.611. The monoisotopic (exact) mass is 238 g/mol. The maximum Gasteiger partial charge on any atom is 0.345 e. The van der Waals surface area contributed by atoms with Gasteiger partial charge >= 0.3 is 5.97 Å². The van der Waals surface area contributed by atoms with Crippen molar-refractivity contribution < 1.29 is 19.7 Å². The molecule has 0 saturated carbocycles. The van der Waals surface area contributed by atoms with Crippen LogP contribution in [0.4, 0.5) is 0 Å². The normalized spacial score (nSPS) is 10.2. The lowest BCUT2D eigenvalue weighted by atomic mass is 10.0. The molecule has 0 aliphatic heterocycles. The molecule has 0 aromatic heterocycles. The molecule has 1 aromatic carbocycles. The number of aromatic hydroxyl groups is 2. The predicted molar refractivity (Wildman–Crippen MR) is 64.3 cm³/mol. The Bertz CT molecular complexity index is 375. The Hall–Kier alpha value is -1.71. The van der Waals surface area contributed by atoms with Gasteiger partial charge < -0.3 is 14.9 Å². The highest BCUT2D eigenvalue weighted by molar-refractivity contribution is 5.95. The number of benzene rings is 1. The number of ether oxygens (including phenoxy) is 1. The van der Waals surface area contributed by atoms with Gasteiger partial charge in [0.15, 0.2) is 0 Å². The van der Waals surface area contributed by atoms with Crippen LogP contribution < -0.4 is 0 Å². The van der Waals surface area contributed by atoms with Crippen LogP contribution in [0.1, 0.15) is 42.1 Å². The fraction of sp³-hybridized carbons (Fsp3) is 0.462. The van der Waals surface area contributed by atoms with Crippen molar-refractivity contribution in [2.24, 2.45) is 0 Å². The third-order valence-corrected chi connectivity index (χ3v) is 2.62. The molecule has 0 heterocycles. The molecular weight excluding hydrogens is 220 g/mol. The summed E-state index contributed by atoms with van der Waals surface area (Å²) in [5.74, 6) is -1.20. The fourth-order valence-electron chi connectivity index (χ4n) is 1.70. The molecule has 0 radical (unpaired) electrons. The molecule has 0 spiro atoms. The number of carbonyl (C=O) groups is 1. The van der Waals surface area contributed by atoms with E-state index in [0.717, 1.165) is 31.2 Å². The average molecular weight is 238 g/mol. The summed E-state index contributed by atoms with van der Waals surface area (Å²) < 4.78 is 4.48. The summed E-state index contributed by atoms with van der Waals surface area (Å²) in [7, 11) is 1.20. The van der Waals surface area contributed by atoms with Gasteiger partial charge in [0.2, 0.25) is 0 Å². The van der Waals surface area contributed by atoms with Gasteiger partial charge in [0.1, 0.15) is 17.1 Å². The van der Waals surface area contributed by atoms with Crippen molar-refractivity contribution in [3.05, 3.63) is 23.3 Å². The molecule has 1 aromatic rings. The molecule has 0 bridgehead atoms. The van der Waals surface area contributed by atoms with Crippen molar-refractivity contribution >= 4 is 5.97 Å². The van der Waals surface area contributed by atoms with Gasteiger partial charge in [-0.15, -0.1) is 0 Å². The van der Waals surface area contributed by atoms with Crippen molar-refractivity contribution in [3.8, 4) is 11.5 Å². The van der Waals surface area contributed by atoms with E-state index < -0.39 is 5.97 Å². The molecule has 2 N–H and O–H groups in total. The Kier molecular flexibility index (Phi) is 4.82. The van der Waals surface area contributed by atoms with Crippen LogP contribution in [0.25, 0.3) is 0 Å². The number of methoxy groups -OCH3 is 1. The van der Waals surface area contributed by atoms with Gasteiger partial charge in [0.25, 0.3) is 0 Å². The first-order chi connectivity index (χ1) is 8.10. The van der Waals surface area contributed by atoms with Gasteiger partial charge in [-0.25, -0.2) is 4.79 Å². The topological polar surface area (TPSA) is 66.8 Å². The number of hydrogen-bond donors (Lipinski definition) is 2. The van der Waals surface area contributed by atoms with Crippen LogP contribution in [0.15, 0.2) is 12.1 Å². The van der Waals surface area contributed by atoms with Gasteiger partial charge in [0, 0.05) is 0 Å².